The lowest BCUT2D eigenvalue weighted by atomic mass is 10.1. The molecule has 0 radical (unpaired) electrons. The van der Waals surface area contributed by atoms with Crippen molar-refractivity contribution in [3.05, 3.63) is 62.8 Å². The number of allylic oxidation sites excluding steroid dienone is 2. The SMILES string of the molecule is CC(C)=CCn1c(N2CCCC(N)C2)nc2c1c(=O)n(-c1ccccc1)c(=O)n2N=C=O. The third kappa shape index (κ3) is 3.81. The molecular formula is C22H25N7O3. The minimum atomic E-state index is -0.786. The normalized spacial score (nSPS) is 16.1. The predicted octanol–water partition coefficient (Wildman–Crippen LogP) is 1.34. The molecule has 1 aliphatic rings. The molecule has 166 valence electrons. The summed E-state index contributed by atoms with van der Waals surface area (Å²) < 4.78 is 3.59. The molecule has 10 heteroatoms. The number of fused-ring (bicyclic) bond motifs is 1. The van der Waals surface area contributed by atoms with Crippen LogP contribution in [0, 0.1) is 0 Å². The van der Waals surface area contributed by atoms with Gasteiger partial charge < -0.3 is 15.2 Å². The van der Waals surface area contributed by atoms with E-state index in [-0.39, 0.29) is 17.2 Å². The van der Waals surface area contributed by atoms with Crippen molar-refractivity contribution in [2.75, 3.05) is 18.0 Å². The Morgan fingerprint density at radius 1 is 1.28 bits per heavy atom. The lowest BCUT2D eigenvalue weighted by Gasteiger charge is -2.31. The van der Waals surface area contributed by atoms with Gasteiger partial charge in [-0.1, -0.05) is 34.9 Å². The number of para-hydroxylation sites is 1. The van der Waals surface area contributed by atoms with Crippen LogP contribution >= 0.6 is 0 Å². The Kier molecular flexibility index (Phi) is 5.89. The summed E-state index contributed by atoms with van der Waals surface area (Å²) in [5.74, 6) is 0.518. The van der Waals surface area contributed by atoms with Crippen LogP contribution < -0.4 is 21.9 Å². The van der Waals surface area contributed by atoms with Crippen molar-refractivity contribution in [2.45, 2.75) is 39.3 Å². The molecule has 1 aromatic carbocycles. The third-order valence-electron chi connectivity index (χ3n) is 5.49. The van der Waals surface area contributed by atoms with Crippen LogP contribution in [0.1, 0.15) is 26.7 Å². The summed E-state index contributed by atoms with van der Waals surface area (Å²) in [4.78, 5) is 44.5. The first-order valence-corrected chi connectivity index (χ1v) is 10.5. The Morgan fingerprint density at radius 2 is 2.03 bits per heavy atom. The zero-order valence-electron chi connectivity index (χ0n) is 18.1. The molecule has 4 rings (SSSR count). The van der Waals surface area contributed by atoms with Gasteiger partial charge in [-0.15, -0.1) is 4.68 Å². The van der Waals surface area contributed by atoms with Gasteiger partial charge in [0.15, 0.2) is 11.2 Å². The number of hydrogen-bond donors (Lipinski definition) is 1. The molecule has 0 amide bonds. The van der Waals surface area contributed by atoms with Gasteiger partial charge in [-0.25, -0.2) is 14.2 Å². The first kappa shape index (κ1) is 21.5. The van der Waals surface area contributed by atoms with E-state index in [4.69, 9.17) is 5.73 Å². The molecule has 32 heavy (non-hydrogen) atoms. The standard InChI is InChI=1S/C22H25N7O3/c1-15(2)10-12-27-18-19(25-21(27)26-11-6-7-16(23)13-26)29(24-14-30)22(32)28(20(18)31)17-8-4-3-5-9-17/h3-5,8-10,16H,6-7,11-13,23H2,1-2H3. The highest BCUT2D eigenvalue weighted by Gasteiger charge is 2.27. The van der Waals surface area contributed by atoms with Crippen molar-refractivity contribution in [3.63, 3.8) is 0 Å². The third-order valence-corrected chi connectivity index (χ3v) is 5.49. The summed E-state index contributed by atoms with van der Waals surface area (Å²) in [7, 11) is 0. The van der Waals surface area contributed by atoms with Crippen LogP contribution in [-0.2, 0) is 11.3 Å². The van der Waals surface area contributed by atoms with Crippen LogP contribution in [0.5, 0.6) is 0 Å². The Bertz CT molecular complexity index is 1340. The van der Waals surface area contributed by atoms with Gasteiger partial charge in [0.2, 0.25) is 5.95 Å². The fourth-order valence-corrected chi connectivity index (χ4v) is 3.98. The number of aromatic nitrogens is 4. The quantitative estimate of drug-likeness (QED) is 0.367. The maximum atomic E-state index is 13.6. The summed E-state index contributed by atoms with van der Waals surface area (Å²) in [5.41, 5.74) is 6.50. The number of anilines is 1. The van der Waals surface area contributed by atoms with Gasteiger partial charge in [0.25, 0.3) is 11.6 Å². The highest BCUT2D eigenvalue weighted by atomic mass is 16.2. The second kappa shape index (κ2) is 8.78. The zero-order valence-corrected chi connectivity index (χ0v) is 18.1. The van der Waals surface area contributed by atoms with Crippen LogP contribution in [0.15, 0.2) is 56.7 Å². The topological polar surface area (TPSA) is 121 Å². The average Bonchev–Trinajstić information content (AvgIpc) is 3.16. The van der Waals surface area contributed by atoms with Crippen molar-refractivity contribution in [3.8, 4) is 5.69 Å². The van der Waals surface area contributed by atoms with E-state index in [0.29, 0.717) is 24.7 Å². The summed E-state index contributed by atoms with van der Waals surface area (Å²) in [6, 6.07) is 8.50. The van der Waals surface area contributed by atoms with Crippen LogP contribution in [0.25, 0.3) is 16.9 Å². The lowest BCUT2D eigenvalue weighted by Crippen LogP contribution is -2.44. The Balaban J connectivity index is 2.09. The second-order valence-electron chi connectivity index (χ2n) is 8.09. The van der Waals surface area contributed by atoms with Crippen LogP contribution in [0.4, 0.5) is 5.95 Å². The molecule has 3 heterocycles. The number of nitrogens with two attached hydrogens (primary N) is 1. The zero-order chi connectivity index (χ0) is 22.8. The smallest absolute Gasteiger partial charge is 0.341 e. The fourth-order valence-electron chi connectivity index (χ4n) is 3.98. The second-order valence-corrected chi connectivity index (χ2v) is 8.09. The Morgan fingerprint density at radius 3 is 2.69 bits per heavy atom. The molecule has 1 aliphatic heterocycles. The first-order valence-electron chi connectivity index (χ1n) is 10.5. The van der Waals surface area contributed by atoms with Crippen molar-refractivity contribution in [1.82, 2.24) is 18.8 Å². The summed E-state index contributed by atoms with van der Waals surface area (Å²) in [6.45, 7) is 5.59. The monoisotopic (exact) mass is 435 g/mol. The minimum absolute atomic E-state index is 0.0170. The van der Waals surface area contributed by atoms with E-state index in [1.54, 1.807) is 34.9 Å². The Hall–Kier alpha value is -3.75. The van der Waals surface area contributed by atoms with Gasteiger partial charge in [0.1, 0.15) is 0 Å². The molecular weight excluding hydrogens is 410 g/mol. The molecule has 10 nitrogen and oxygen atoms in total. The molecule has 2 aromatic heterocycles. The van der Waals surface area contributed by atoms with E-state index in [2.05, 4.69) is 10.1 Å². The van der Waals surface area contributed by atoms with Crippen LogP contribution in [0.2, 0.25) is 0 Å². The largest absolute Gasteiger partial charge is 0.359 e. The lowest BCUT2D eigenvalue weighted by molar-refractivity contribution is 0.495. The van der Waals surface area contributed by atoms with Crippen LogP contribution in [-0.4, -0.2) is 44.0 Å². The van der Waals surface area contributed by atoms with Crippen LogP contribution in [0.3, 0.4) is 0 Å². The molecule has 2 N–H and O–H groups in total. The molecule has 1 unspecified atom stereocenters. The molecule has 0 aliphatic carbocycles. The number of carbonyl (C=O) groups excluding carboxylic acids is 1. The molecule has 0 saturated carbocycles. The van der Waals surface area contributed by atoms with Crippen molar-refractivity contribution >= 4 is 23.2 Å². The van der Waals surface area contributed by atoms with Gasteiger partial charge in [-0.3, -0.25) is 4.79 Å². The highest BCUT2D eigenvalue weighted by Crippen LogP contribution is 2.24. The molecule has 3 aromatic rings. The van der Waals surface area contributed by atoms with Gasteiger partial charge in [-0.2, -0.15) is 4.98 Å². The van der Waals surface area contributed by atoms with E-state index < -0.39 is 11.2 Å². The summed E-state index contributed by atoms with van der Waals surface area (Å²) in [6.07, 6.45) is 5.18. The predicted molar refractivity (Wildman–Crippen MR) is 122 cm³/mol. The number of rotatable bonds is 5. The fraction of sp³-hybridized carbons (Fsp3) is 0.364. The summed E-state index contributed by atoms with van der Waals surface area (Å²) in [5, 5.41) is 3.58. The van der Waals surface area contributed by atoms with E-state index in [0.717, 1.165) is 34.2 Å². The number of benzene rings is 1. The number of nitrogens with zero attached hydrogens (tertiary/aromatic N) is 6. The number of piperidine rings is 1. The highest BCUT2D eigenvalue weighted by molar-refractivity contribution is 5.75. The number of isocyanates is 1. The summed E-state index contributed by atoms with van der Waals surface area (Å²) >= 11 is 0. The van der Waals surface area contributed by atoms with Crippen molar-refractivity contribution in [2.24, 2.45) is 10.8 Å². The minimum Gasteiger partial charge on any atom is -0.341 e. The van der Waals surface area contributed by atoms with E-state index in [1.165, 1.54) is 6.08 Å². The van der Waals surface area contributed by atoms with Gasteiger partial charge in [0, 0.05) is 25.7 Å². The van der Waals surface area contributed by atoms with E-state index >= 15 is 0 Å². The maximum absolute atomic E-state index is 13.6. The average molecular weight is 435 g/mol. The maximum Gasteiger partial charge on any atom is 0.359 e. The van der Waals surface area contributed by atoms with Crippen molar-refractivity contribution in [1.29, 1.82) is 0 Å². The molecule has 1 fully saturated rings. The number of hydrogen-bond acceptors (Lipinski definition) is 7. The molecule has 1 saturated heterocycles. The Labute approximate surface area is 183 Å². The first-order chi connectivity index (χ1) is 15.4. The van der Waals surface area contributed by atoms with Gasteiger partial charge >= 0.3 is 5.69 Å². The molecule has 1 atom stereocenters. The van der Waals surface area contributed by atoms with Crippen molar-refractivity contribution < 1.29 is 4.79 Å². The van der Waals surface area contributed by atoms with E-state index in [9.17, 15) is 14.4 Å². The number of imidazole rings is 1. The van der Waals surface area contributed by atoms with Gasteiger partial charge in [0.05, 0.1) is 5.69 Å². The molecule has 0 spiro atoms. The van der Waals surface area contributed by atoms with Gasteiger partial charge in [-0.05, 0) is 38.8 Å². The molecule has 0 bridgehead atoms. The van der Waals surface area contributed by atoms with E-state index in [1.807, 2.05) is 24.8 Å².